The van der Waals surface area contributed by atoms with Crippen LogP contribution < -0.4 is 5.32 Å². The predicted octanol–water partition coefficient (Wildman–Crippen LogP) is 5.04. The van der Waals surface area contributed by atoms with Crippen molar-refractivity contribution >= 4 is 52.5 Å². The molecule has 1 aliphatic rings. The van der Waals surface area contributed by atoms with E-state index in [1.54, 1.807) is 24.5 Å². The maximum atomic E-state index is 12.7. The van der Waals surface area contributed by atoms with Crippen molar-refractivity contribution in [2.24, 2.45) is 0 Å². The highest BCUT2D eigenvalue weighted by Gasteiger charge is 2.30. The van der Waals surface area contributed by atoms with Crippen LogP contribution >= 0.6 is 35.0 Å². The Morgan fingerprint density at radius 2 is 2.07 bits per heavy atom. The van der Waals surface area contributed by atoms with E-state index in [2.05, 4.69) is 10.3 Å². The van der Waals surface area contributed by atoms with Crippen molar-refractivity contribution < 1.29 is 14.3 Å². The minimum Gasteiger partial charge on any atom is -0.449 e. The normalized spacial score (nSPS) is 14.0. The number of amides is 1. The van der Waals surface area contributed by atoms with E-state index in [-0.39, 0.29) is 11.1 Å². The average Bonchev–Trinajstić information content (AvgIpc) is 3.54. The van der Waals surface area contributed by atoms with Crippen molar-refractivity contribution in [1.29, 1.82) is 5.26 Å². The number of hydrogen-bond donors (Lipinski definition) is 1. The Bertz CT molecular complexity index is 1020. The van der Waals surface area contributed by atoms with Crippen molar-refractivity contribution in [2.45, 2.75) is 36.8 Å². The fourth-order valence-corrected chi connectivity index (χ4v) is 3.54. The maximum Gasteiger partial charge on any atom is 0.340 e. The molecule has 0 bridgehead atoms. The second-order valence-electron chi connectivity index (χ2n) is 6.53. The number of carbonyl (C=O) groups is 2. The number of nitrogens with one attached hydrogen (secondary N) is 1. The Labute approximate surface area is 182 Å². The van der Waals surface area contributed by atoms with Crippen molar-refractivity contribution in [3.8, 4) is 6.07 Å². The first-order chi connectivity index (χ1) is 13.8. The lowest BCUT2D eigenvalue weighted by Gasteiger charge is -2.16. The van der Waals surface area contributed by atoms with E-state index in [4.69, 9.17) is 27.9 Å². The first-order valence-corrected chi connectivity index (χ1v) is 10.8. The molecule has 1 atom stereocenters. The number of carbonyl (C=O) groups excluding carboxylic acids is 2. The third-order valence-electron chi connectivity index (χ3n) is 4.37. The molecule has 9 heteroatoms. The van der Waals surface area contributed by atoms with Gasteiger partial charge in [0.1, 0.15) is 11.1 Å². The summed E-state index contributed by atoms with van der Waals surface area (Å²) in [6, 6.07) is 8.26. The molecule has 0 radical (unpaired) electrons. The van der Waals surface area contributed by atoms with E-state index in [0.29, 0.717) is 26.7 Å². The van der Waals surface area contributed by atoms with Gasteiger partial charge in [0.25, 0.3) is 5.91 Å². The van der Waals surface area contributed by atoms with Crippen LogP contribution in [0.2, 0.25) is 10.0 Å². The van der Waals surface area contributed by atoms with E-state index < -0.39 is 18.0 Å². The molecule has 1 N–H and O–H groups in total. The number of pyridine rings is 1. The number of ether oxygens (including phenoxy) is 1. The SMILES string of the molecule is CSc1nc(C2CC2)cc(C(=O)OC(C)C(=O)Nc2cc(Cl)ccc2Cl)c1C#N. The number of anilines is 1. The number of nitriles is 1. The summed E-state index contributed by atoms with van der Waals surface area (Å²) in [6.07, 6.45) is 2.68. The van der Waals surface area contributed by atoms with Crippen LogP contribution in [0.1, 0.15) is 47.3 Å². The van der Waals surface area contributed by atoms with Gasteiger partial charge in [-0.25, -0.2) is 9.78 Å². The quantitative estimate of drug-likeness (QED) is 0.490. The van der Waals surface area contributed by atoms with Gasteiger partial charge in [0.2, 0.25) is 0 Å². The van der Waals surface area contributed by atoms with Gasteiger partial charge in [-0.1, -0.05) is 23.2 Å². The molecule has 6 nitrogen and oxygen atoms in total. The number of esters is 1. The highest BCUT2D eigenvalue weighted by molar-refractivity contribution is 7.98. The molecule has 150 valence electrons. The number of hydrogen-bond acceptors (Lipinski definition) is 6. The fraction of sp³-hybridized carbons (Fsp3) is 0.300. The molecule has 0 spiro atoms. The summed E-state index contributed by atoms with van der Waals surface area (Å²) in [5.74, 6) is -1.02. The fourth-order valence-electron chi connectivity index (χ4n) is 2.65. The van der Waals surface area contributed by atoms with Gasteiger partial charge >= 0.3 is 5.97 Å². The summed E-state index contributed by atoms with van der Waals surface area (Å²) in [7, 11) is 0. The molecule has 1 aromatic carbocycles. The second kappa shape index (κ2) is 9.04. The van der Waals surface area contributed by atoms with Crippen molar-refractivity contribution in [3.05, 3.63) is 51.1 Å². The van der Waals surface area contributed by atoms with Gasteiger partial charge in [-0.2, -0.15) is 5.26 Å². The van der Waals surface area contributed by atoms with Crippen molar-refractivity contribution in [3.63, 3.8) is 0 Å². The molecule has 1 aliphatic carbocycles. The van der Waals surface area contributed by atoms with Gasteiger partial charge in [-0.15, -0.1) is 11.8 Å². The Morgan fingerprint density at radius 1 is 1.34 bits per heavy atom. The Morgan fingerprint density at radius 3 is 2.69 bits per heavy atom. The van der Waals surface area contributed by atoms with Crippen LogP contribution in [0.3, 0.4) is 0 Å². The Balaban J connectivity index is 1.78. The van der Waals surface area contributed by atoms with Gasteiger partial charge in [0.15, 0.2) is 6.10 Å². The Kier molecular flexibility index (Phi) is 6.68. The molecule has 29 heavy (non-hydrogen) atoms. The number of halogens is 2. The van der Waals surface area contributed by atoms with E-state index in [0.717, 1.165) is 18.5 Å². The van der Waals surface area contributed by atoms with E-state index >= 15 is 0 Å². The number of thioether (sulfide) groups is 1. The summed E-state index contributed by atoms with van der Waals surface area (Å²) in [6.45, 7) is 1.44. The number of rotatable bonds is 6. The molecule has 1 unspecified atom stereocenters. The molecule has 1 fully saturated rings. The van der Waals surface area contributed by atoms with Crippen LogP contribution in [-0.4, -0.2) is 29.2 Å². The van der Waals surface area contributed by atoms with Crippen molar-refractivity contribution in [2.75, 3.05) is 11.6 Å². The largest absolute Gasteiger partial charge is 0.449 e. The third-order valence-corrected chi connectivity index (χ3v) is 5.61. The first kappa shape index (κ1) is 21.4. The van der Waals surface area contributed by atoms with E-state index in [9.17, 15) is 14.9 Å². The molecular formula is C20H17Cl2N3O3S. The monoisotopic (exact) mass is 449 g/mol. The lowest BCUT2D eigenvalue weighted by molar-refractivity contribution is -0.123. The summed E-state index contributed by atoms with van der Waals surface area (Å²) in [5, 5.41) is 13.3. The van der Waals surface area contributed by atoms with E-state index in [1.807, 2.05) is 6.07 Å². The number of aromatic nitrogens is 1. The molecule has 0 aliphatic heterocycles. The Hall–Kier alpha value is -2.27. The summed E-state index contributed by atoms with van der Waals surface area (Å²) >= 11 is 13.3. The smallest absolute Gasteiger partial charge is 0.340 e. The minimum atomic E-state index is -1.11. The van der Waals surface area contributed by atoms with Crippen LogP contribution in [0.25, 0.3) is 0 Å². The zero-order valence-corrected chi connectivity index (χ0v) is 18.0. The molecule has 1 saturated carbocycles. The zero-order chi connectivity index (χ0) is 21.1. The summed E-state index contributed by atoms with van der Waals surface area (Å²) in [4.78, 5) is 29.7. The van der Waals surface area contributed by atoms with Gasteiger partial charge < -0.3 is 10.1 Å². The molecule has 1 heterocycles. The second-order valence-corrected chi connectivity index (χ2v) is 8.16. The molecule has 1 aromatic heterocycles. The van der Waals surface area contributed by atoms with Gasteiger partial charge in [0.05, 0.1) is 21.8 Å². The standard InChI is InChI=1S/C20H17Cl2N3O3S/c1-10(18(26)24-17-7-12(21)5-6-15(17)22)28-20(27)13-8-16(11-3-4-11)25-19(29-2)14(13)9-23/h5-8,10-11H,3-4H2,1-2H3,(H,24,26). The third kappa shape index (κ3) is 5.02. The van der Waals surface area contributed by atoms with Crippen LogP contribution in [0.15, 0.2) is 29.3 Å². The lowest BCUT2D eigenvalue weighted by Crippen LogP contribution is -2.30. The average molecular weight is 450 g/mol. The summed E-state index contributed by atoms with van der Waals surface area (Å²) < 4.78 is 5.32. The molecule has 1 amide bonds. The summed E-state index contributed by atoms with van der Waals surface area (Å²) in [5.41, 5.74) is 1.35. The van der Waals surface area contributed by atoms with Crippen LogP contribution in [0.5, 0.6) is 0 Å². The topological polar surface area (TPSA) is 92.1 Å². The zero-order valence-electron chi connectivity index (χ0n) is 15.7. The van der Waals surface area contributed by atoms with Crippen LogP contribution in [0, 0.1) is 11.3 Å². The van der Waals surface area contributed by atoms with Crippen molar-refractivity contribution in [1.82, 2.24) is 4.98 Å². The highest BCUT2D eigenvalue weighted by atomic mass is 35.5. The first-order valence-electron chi connectivity index (χ1n) is 8.80. The van der Waals surface area contributed by atoms with Gasteiger partial charge in [0, 0.05) is 16.6 Å². The predicted molar refractivity (Wildman–Crippen MR) is 113 cm³/mol. The van der Waals surface area contributed by atoms with Crippen LogP contribution in [-0.2, 0) is 9.53 Å². The minimum absolute atomic E-state index is 0.120. The lowest BCUT2D eigenvalue weighted by atomic mass is 10.1. The highest BCUT2D eigenvalue weighted by Crippen LogP contribution is 2.40. The maximum absolute atomic E-state index is 12.7. The molecular weight excluding hydrogens is 433 g/mol. The molecule has 0 saturated heterocycles. The van der Waals surface area contributed by atoms with Crippen LogP contribution in [0.4, 0.5) is 5.69 Å². The number of nitrogens with zero attached hydrogens (tertiary/aromatic N) is 2. The van der Waals surface area contributed by atoms with Gasteiger partial charge in [-0.3, -0.25) is 4.79 Å². The molecule has 3 rings (SSSR count). The molecule has 2 aromatic rings. The number of benzene rings is 1. The van der Waals surface area contributed by atoms with E-state index in [1.165, 1.54) is 24.8 Å². The van der Waals surface area contributed by atoms with Gasteiger partial charge in [-0.05, 0) is 50.3 Å².